The van der Waals surface area contributed by atoms with Crippen molar-refractivity contribution in [3.8, 4) is 0 Å². The number of benzene rings is 1. The van der Waals surface area contributed by atoms with Gasteiger partial charge in [0.2, 0.25) is 0 Å². The van der Waals surface area contributed by atoms with Crippen LogP contribution in [0.5, 0.6) is 0 Å². The van der Waals surface area contributed by atoms with Gasteiger partial charge in [-0.25, -0.2) is 0 Å². The fraction of sp³-hybridized carbons (Fsp3) is 0.467. The fourth-order valence-electron chi connectivity index (χ4n) is 2.53. The van der Waals surface area contributed by atoms with Gasteiger partial charge in [0.25, 0.3) is 11.6 Å². The second kappa shape index (κ2) is 7.02. The summed E-state index contributed by atoms with van der Waals surface area (Å²) in [5.74, 6) is -1.57. The smallest absolute Gasteiger partial charge is 0.303 e. The minimum absolute atomic E-state index is 0.0493. The third-order valence-corrected chi connectivity index (χ3v) is 3.47. The average Bonchev–Trinajstić information content (AvgIpc) is 2.34. The minimum Gasteiger partial charge on any atom is -0.481 e. The van der Waals surface area contributed by atoms with Crippen LogP contribution in [0.25, 0.3) is 0 Å². The van der Waals surface area contributed by atoms with Gasteiger partial charge >= 0.3 is 5.97 Å². The number of amides is 1. The summed E-state index contributed by atoms with van der Waals surface area (Å²) in [6.07, 6.45) is -0.0493. The largest absolute Gasteiger partial charge is 0.481 e. The molecule has 2 N–H and O–H groups in total. The molecule has 0 aliphatic heterocycles. The van der Waals surface area contributed by atoms with Crippen LogP contribution >= 0.6 is 0 Å². The van der Waals surface area contributed by atoms with E-state index in [0.717, 1.165) is 0 Å². The van der Waals surface area contributed by atoms with Crippen molar-refractivity contribution in [2.45, 2.75) is 34.1 Å². The Hall–Kier alpha value is -2.44. The Morgan fingerprint density at radius 1 is 1.32 bits per heavy atom. The fourth-order valence-corrected chi connectivity index (χ4v) is 2.53. The van der Waals surface area contributed by atoms with Gasteiger partial charge in [-0.15, -0.1) is 0 Å². The molecule has 22 heavy (non-hydrogen) atoms. The lowest BCUT2D eigenvalue weighted by Crippen LogP contribution is -2.30. The van der Waals surface area contributed by atoms with Crippen LogP contribution in [0.3, 0.4) is 0 Å². The highest BCUT2D eigenvalue weighted by atomic mass is 16.6. The van der Waals surface area contributed by atoms with Gasteiger partial charge in [-0.2, -0.15) is 0 Å². The summed E-state index contributed by atoms with van der Waals surface area (Å²) in [5.41, 5.74) is 1.71. The van der Waals surface area contributed by atoms with Crippen molar-refractivity contribution in [3.63, 3.8) is 0 Å². The number of carboxylic acid groups (broad SMARTS) is 1. The Morgan fingerprint density at radius 3 is 2.41 bits per heavy atom. The van der Waals surface area contributed by atoms with Gasteiger partial charge in [-0.1, -0.05) is 6.92 Å². The van der Waals surface area contributed by atoms with Crippen LogP contribution in [-0.2, 0) is 4.79 Å². The summed E-state index contributed by atoms with van der Waals surface area (Å²) in [6, 6.07) is 1.61. The van der Waals surface area contributed by atoms with Gasteiger partial charge in [0.15, 0.2) is 0 Å². The first-order valence-corrected chi connectivity index (χ1v) is 6.90. The first kappa shape index (κ1) is 17.6. The van der Waals surface area contributed by atoms with Crippen LogP contribution in [0.2, 0.25) is 0 Å². The maximum absolute atomic E-state index is 12.3. The third kappa shape index (κ3) is 4.03. The van der Waals surface area contributed by atoms with Gasteiger partial charge in [0.1, 0.15) is 0 Å². The lowest BCUT2D eigenvalue weighted by atomic mass is 9.96. The van der Waals surface area contributed by atoms with Crippen LogP contribution in [0.15, 0.2) is 6.07 Å². The van der Waals surface area contributed by atoms with Crippen molar-refractivity contribution in [1.82, 2.24) is 5.32 Å². The number of nitro groups is 1. The molecule has 0 aliphatic rings. The summed E-state index contributed by atoms with van der Waals surface area (Å²) < 4.78 is 0. The maximum atomic E-state index is 12.3. The number of nitrogens with zero attached hydrogens (tertiary/aromatic N) is 1. The van der Waals surface area contributed by atoms with E-state index in [2.05, 4.69) is 5.32 Å². The lowest BCUT2D eigenvalue weighted by molar-refractivity contribution is -0.386. The van der Waals surface area contributed by atoms with E-state index in [1.165, 1.54) is 0 Å². The van der Waals surface area contributed by atoms with E-state index in [0.29, 0.717) is 16.7 Å². The molecule has 1 rings (SSSR count). The molecule has 0 aromatic heterocycles. The van der Waals surface area contributed by atoms with Crippen molar-refractivity contribution in [2.75, 3.05) is 6.54 Å². The van der Waals surface area contributed by atoms with Crippen molar-refractivity contribution in [2.24, 2.45) is 5.92 Å². The van der Waals surface area contributed by atoms with Gasteiger partial charge < -0.3 is 10.4 Å². The number of carbonyl (C=O) groups is 2. The molecule has 1 amide bonds. The first-order valence-electron chi connectivity index (χ1n) is 6.90. The van der Waals surface area contributed by atoms with Crippen molar-refractivity contribution in [1.29, 1.82) is 0 Å². The molecular formula is C15H20N2O5. The Bertz CT molecular complexity index is 625. The number of aliphatic carboxylic acids is 1. The number of hydrogen-bond acceptors (Lipinski definition) is 4. The number of nitro benzene ring substituents is 1. The SMILES string of the molecule is Cc1cc(C)c([N+](=O)[O-])c(C)c1C(=O)NCC(C)CC(=O)O. The summed E-state index contributed by atoms with van der Waals surface area (Å²) in [4.78, 5) is 33.5. The van der Waals surface area contributed by atoms with E-state index in [1.54, 1.807) is 33.8 Å². The average molecular weight is 308 g/mol. The normalized spacial score (nSPS) is 11.8. The third-order valence-electron chi connectivity index (χ3n) is 3.47. The van der Waals surface area contributed by atoms with E-state index in [9.17, 15) is 19.7 Å². The molecule has 0 saturated heterocycles. The van der Waals surface area contributed by atoms with E-state index < -0.39 is 16.8 Å². The highest BCUT2D eigenvalue weighted by molar-refractivity contribution is 5.98. The number of hydrogen-bond donors (Lipinski definition) is 2. The number of nitrogens with one attached hydrogen (secondary N) is 1. The van der Waals surface area contributed by atoms with Crippen molar-refractivity contribution < 1.29 is 19.6 Å². The quantitative estimate of drug-likeness (QED) is 0.619. The molecule has 0 aliphatic carbocycles. The van der Waals surface area contributed by atoms with E-state index in [-0.39, 0.29) is 30.1 Å². The van der Waals surface area contributed by atoms with Gasteiger partial charge in [-0.3, -0.25) is 19.7 Å². The second-order valence-electron chi connectivity index (χ2n) is 5.53. The second-order valence-corrected chi connectivity index (χ2v) is 5.53. The summed E-state index contributed by atoms with van der Waals surface area (Å²) in [7, 11) is 0. The van der Waals surface area contributed by atoms with Crippen molar-refractivity contribution in [3.05, 3.63) is 38.4 Å². The molecular weight excluding hydrogens is 288 g/mol. The van der Waals surface area contributed by atoms with E-state index >= 15 is 0 Å². The topological polar surface area (TPSA) is 110 Å². The highest BCUT2D eigenvalue weighted by Gasteiger charge is 2.23. The molecule has 0 heterocycles. The molecule has 0 fully saturated rings. The molecule has 1 aromatic carbocycles. The maximum Gasteiger partial charge on any atom is 0.303 e. The predicted molar refractivity (Wildman–Crippen MR) is 81.1 cm³/mol. The minimum atomic E-state index is -0.930. The molecule has 0 saturated carbocycles. The highest BCUT2D eigenvalue weighted by Crippen LogP contribution is 2.28. The van der Waals surface area contributed by atoms with E-state index in [4.69, 9.17) is 5.11 Å². The van der Waals surface area contributed by atoms with Crippen LogP contribution in [0.4, 0.5) is 5.69 Å². The zero-order chi connectivity index (χ0) is 17.0. The summed E-state index contributed by atoms with van der Waals surface area (Å²) >= 11 is 0. The molecule has 120 valence electrons. The molecule has 1 unspecified atom stereocenters. The van der Waals surface area contributed by atoms with Crippen LogP contribution < -0.4 is 5.32 Å². The first-order chi connectivity index (χ1) is 10.1. The van der Waals surface area contributed by atoms with Gasteiger partial charge in [0.05, 0.1) is 10.5 Å². The summed E-state index contributed by atoms with van der Waals surface area (Å²) in [5, 5.41) is 22.5. The Balaban J connectivity index is 3.01. The number of carboxylic acids is 1. The molecule has 1 atom stereocenters. The van der Waals surface area contributed by atoms with Gasteiger partial charge in [0, 0.05) is 24.1 Å². The molecule has 0 radical (unpaired) electrons. The summed E-state index contributed by atoms with van der Waals surface area (Å²) in [6.45, 7) is 6.82. The van der Waals surface area contributed by atoms with Gasteiger partial charge in [-0.05, 0) is 38.3 Å². The zero-order valence-electron chi connectivity index (χ0n) is 13.1. The molecule has 7 heteroatoms. The molecule has 1 aromatic rings. The van der Waals surface area contributed by atoms with E-state index in [1.807, 2.05) is 0 Å². The Morgan fingerprint density at radius 2 is 1.91 bits per heavy atom. The molecule has 7 nitrogen and oxygen atoms in total. The monoisotopic (exact) mass is 308 g/mol. The van der Waals surface area contributed by atoms with Crippen LogP contribution in [0, 0.1) is 36.8 Å². The predicted octanol–water partition coefficient (Wildman–Crippen LogP) is 2.36. The number of aryl methyl sites for hydroxylation is 2. The number of carbonyl (C=O) groups excluding carboxylic acids is 1. The van der Waals surface area contributed by atoms with Crippen molar-refractivity contribution >= 4 is 17.6 Å². The number of rotatable bonds is 6. The molecule has 0 spiro atoms. The lowest BCUT2D eigenvalue weighted by Gasteiger charge is -2.14. The van der Waals surface area contributed by atoms with Crippen LogP contribution in [0.1, 0.15) is 40.4 Å². The Labute approximate surface area is 128 Å². The standard InChI is InChI=1S/C15H20N2O5/c1-8(5-12(18)19)7-16-15(20)13-9(2)6-10(3)14(11(13)4)17(21)22/h6,8H,5,7H2,1-4H3,(H,16,20)(H,18,19). The Kier molecular flexibility index (Phi) is 5.62. The zero-order valence-corrected chi connectivity index (χ0v) is 13.1. The molecule has 0 bridgehead atoms. The van der Waals surface area contributed by atoms with Crippen LogP contribution in [-0.4, -0.2) is 28.5 Å².